The smallest absolute Gasteiger partial charge is 0.325 e. The number of primary amides is 1. The second kappa shape index (κ2) is 14.7. The van der Waals surface area contributed by atoms with Gasteiger partial charge in [-0.3, -0.25) is 10.2 Å². The molecule has 0 radical (unpaired) electrons. The number of aryl methyl sites for hydroxylation is 1. The Kier molecular flexibility index (Phi) is 10.5. The van der Waals surface area contributed by atoms with Crippen molar-refractivity contribution in [1.29, 1.82) is 5.41 Å². The van der Waals surface area contributed by atoms with Crippen LogP contribution in [-0.2, 0) is 13.2 Å². The molecule has 3 N–H and O–H groups in total. The second-order valence-corrected chi connectivity index (χ2v) is 10.3. The number of nitrogens with zero attached hydrogens (tertiary/aromatic N) is 2. The highest BCUT2D eigenvalue weighted by molar-refractivity contribution is 6.23. The maximum absolute atomic E-state index is 13.8. The zero-order valence-electron chi connectivity index (χ0n) is 24.9. The van der Waals surface area contributed by atoms with Crippen LogP contribution in [0.4, 0.5) is 10.5 Å². The van der Waals surface area contributed by atoms with Gasteiger partial charge in [0.2, 0.25) is 0 Å². The number of rotatable bonds is 12. The Labute approximate surface area is 254 Å². The number of carbonyl (C=O) groups excluding carboxylic acids is 2. The van der Waals surface area contributed by atoms with E-state index < -0.39 is 6.03 Å². The summed E-state index contributed by atoms with van der Waals surface area (Å²) in [5.41, 5.74) is 9.40. The molecule has 0 saturated carbocycles. The number of carbonyl (C=O) groups is 2. The maximum atomic E-state index is 13.8. The van der Waals surface area contributed by atoms with Crippen molar-refractivity contribution in [2.75, 3.05) is 18.5 Å². The number of hydrogen-bond acceptors (Lipinski definition) is 5. The van der Waals surface area contributed by atoms with Crippen LogP contribution in [0.15, 0.2) is 97.1 Å². The third-order valence-electron chi connectivity index (χ3n) is 7.04. The standard InChI is InChI=1S/C35H38N4O4.H2/c1-4-5-20-38(3)34(40)29-21-28(33(36)39(35(37)41)30-19-13-12-14-25(30)2)31(42-23-26-15-8-6-9-16-26)22-32(29)43-24-27-17-10-7-11-18-27;/h6-19,21-22,36H,4-5,20,23-24H2,1-3H3,(H2,37,41);1H. The first kappa shape index (κ1) is 30.8. The topological polar surface area (TPSA) is 109 Å². The molecule has 0 aromatic heterocycles. The molecule has 8 heteroatoms. The molecule has 0 heterocycles. The van der Waals surface area contributed by atoms with Crippen molar-refractivity contribution >= 4 is 23.5 Å². The van der Waals surface area contributed by atoms with Crippen molar-refractivity contribution in [2.45, 2.75) is 39.9 Å². The summed E-state index contributed by atoms with van der Waals surface area (Å²) in [4.78, 5) is 29.4. The SMILES string of the molecule is CCCCN(C)C(=O)c1cc(C(=N)N(C(N)=O)c2ccccc2C)c(OCc2ccccc2)cc1OCc1ccccc1.[HH]. The molecule has 43 heavy (non-hydrogen) atoms. The normalized spacial score (nSPS) is 10.6. The molecule has 0 atom stereocenters. The van der Waals surface area contributed by atoms with E-state index in [1.165, 1.54) is 0 Å². The Balaban J connectivity index is 0.00000529. The van der Waals surface area contributed by atoms with E-state index in [1.807, 2.05) is 79.7 Å². The summed E-state index contributed by atoms with van der Waals surface area (Å²) in [5, 5.41) is 9.22. The number of hydrogen-bond donors (Lipinski definition) is 2. The Morgan fingerprint density at radius 3 is 1.88 bits per heavy atom. The van der Waals surface area contributed by atoms with Gasteiger partial charge in [-0.1, -0.05) is 92.2 Å². The van der Waals surface area contributed by atoms with Crippen LogP contribution >= 0.6 is 0 Å². The summed E-state index contributed by atoms with van der Waals surface area (Å²) in [7, 11) is 1.74. The molecule has 0 spiro atoms. The Morgan fingerprint density at radius 2 is 1.35 bits per heavy atom. The Bertz CT molecular complexity index is 1560. The fraction of sp³-hybridized carbons (Fsp3) is 0.229. The van der Waals surface area contributed by atoms with Crippen molar-refractivity contribution < 1.29 is 20.5 Å². The first-order chi connectivity index (χ1) is 20.8. The van der Waals surface area contributed by atoms with Gasteiger partial charge in [-0.25, -0.2) is 9.69 Å². The lowest BCUT2D eigenvalue weighted by Crippen LogP contribution is -2.41. The van der Waals surface area contributed by atoms with Gasteiger partial charge in [-0.05, 0) is 42.2 Å². The predicted octanol–water partition coefficient (Wildman–Crippen LogP) is 7.18. The van der Waals surface area contributed by atoms with Gasteiger partial charge in [0, 0.05) is 21.1 Å². The highest BCUT2D eigenvalue weighted by Crippen LogP contribution is 2.34. The lowest BCUT2D eigenvalue weighted by atomic mass is 10.0. The van der Waals surface area contributed by atoms with Crippen molar-refractivity contribution in [1.82, 2.24) is 4.90 Å². The van der Waals surface area contributed by atoms with Gasteiger partial charge in [0.25, 0.3) is 5.91 Å². The van der Waals surface area contributed by atoms with Gasteiger partial charge in [-0.2, -0.15) is 0 Å². The number of nitrogens with one attached hydrogen (secondary N) is 1. The minimum atomic E-state index is -0.828. The van der Waals surface area contributed by atoms with E-state index in [4.69, 9.17) is 15.2 Å². The largest absolute Gasteiger partial charge is 0.488 e. The van der Waals surface area contributed by atoms with Crippen LogP contribution in [0, 0.1) is 12.3 Å². The quantitative estimate of drug-likeness (QED) is 0.137. The van der Waals surface area contributed by atoms with E-state index in [1.54, 1.807) is 36.2 Å². The third-order valence-corrected chi connectivity index (χ3v) is 7.04. The molecule has 0 saturated heterocycles. The molecule has 4 aromatic carbocycles. The highest BCUT2D eigenvalue weighted by Gasteiger charge is 2.28. The number of amidine groups is 1. The summed E-state index contributed by atoms with van der Waals surface area (Å²) >= 11 is 0. The lowest BCUT2D eigenvalue weighted by Gasteiger charge is -2.26. The van der Waals surface area contributed by atoms with Crippen molar-refractivity contribution in [2.24, 2.45) is 5.73 Å². The van der Waals surface area contributed by atoms with Gasteiger partial charge in [-0.15, -0.1) is 0 Å². The summed E-state index contributed by atoms with van der Waals surface area (Å²) < 4.78 is 12.5. The fourth-order valence-electron chi connectivity index (χ4n) is 4.61. The molecular weight excluding hydrogens is 540 g/mol. The average molecular weight is 581 g/mol. The number of urea groups is 1. The number of benzene rings is 4. The maximum Gasteiger partial charge on any atom is 0.325 e. The van der Waals surface area contributed by atoms with Crippen LogP contribution in [0.3, 0.4) is 0 Å². The average Bonchev–Trinajstić information content (AvgIpc) is 3.02. The van der Waals surface area contributed by atoms with E-state index in [0.29, 0.717) is 18.0 Å². The molecule has 0 aliphatic carbocycles. The van der Waals surface area contributed by atoms with Crippen LogP contribution in [0.5, 0.6) is 11.5 Å². The monoisotopic (exact) mass is 580 g/mol. The number of amides is 3. The van der Waals surface area contributed by atoms with Crippen molar-refractivity contribution in [3.8, 4) is 11.5 Å². The number of para-hydroxylation sites is 1. The summed E-state index contributed by atoms with van der Waals surface area (Å²) in [6.07, 6.45) is 1.77. The molecule has 4 rings (SSSR count). The molecule has 0 aliphatic rings. The number of unbranched alkanes of at least 4 members (excludes halogenated alkanes) is 1. The zero-order valence-corrected chi connectivity index (χ0v) is 24.9. The Hall–Kier alpha value is -5.11. The van der Waals surface area contributed by atoms with Gasteiger partial charge in [0.05, 0.1) is 16.8 Å². The van der Waals surface area contributed by atoms with Gasteiger partial charge >= 0.3 is 6.03 Å². The number of nitrogens with two attached hydrogens (primary N) is 1. The van der Waals surface area contributed by atoms with Crippen LogP contribution in [0.25, 0.3) is 0 Å². The van der Waals surface area contributed by atoms with E-state index in [9.17, 15) is 15.0 Å². The summed E-state index contributed by atoms with van der Waals surface area (Å²) in [6, 6.07) is 28.8. The first-order valence-electron chi connectivity index (χ1n) is 14.3. The molecule has 0 unspecified atom stereocenters. The van der Waals surface area contributed by atoms with E-state index in [2.05, 4.69) is 6.92 Å². The molecule has 224 valence electrons. The minimum Gasteiger partial charge on any atom is -0.488 e. The molecule has 0 fully saturated rings. The highest BCUT2D eigenvalue weighted by atomic mass is 16.5. The molecular formula is C35H40N4O4. The molecule has 3 amide bonds. The van der Waals surface area contributed by atoms with Crippen LogP contribution in [0.2, 0.25) is 0 Å². The van der Waals surface area contributed by atoms with Crippen molar-refractivity contribution in [3.05, 3.63) is 125 Å². The molecule has 0 bridgehead atoms. The van der Waals surface area contributed by atoms with E-state index in [0.717, 1.165) is 34.4 Å². The number of ether oxygens (including phenoxy) is 2. The van der Waals surface area contributed by atoms with Crippen LogP contribution in [-0.4, -0.2) is 36.3 Å². The number of anilines is 1. The van der Waals surface area contributed by atoms with E-state index >= 15 is 0 Å². The fourth-order valence-corrected chi connectivity index (χ4v) is 4.61. The minimum absolute atomic E-state index is 0. The predicted molar refractivity (Wildman–Crippen MR) is 172 cm³/mol. The van der Waals surface area contributed by atoms with Gasteiger partial charge < -0.3 is 20.1 Å². The third kappa shape index (κ3) is 7.80. The van der Waals surface area contributed by atoms with Crippen LogP contribution < -0.4 is 20.1 Å². The molecule has 0 aliphatic heterocycles. The molecule has 8 nitrogen and oxygen atoms in total. The second-order valence-electron chi connectivity index (χ2n) is 10.3. The van der Waals surface area contributed by atoms with Crippen LogP contribution in [0.1, 0.15) is 53.8 Å². The first-order valence-corrected chi connectivity index (χ1v) is 14.3. The zero-order chi connectivity index (χ0) is 30.8. The molecule has 4 aromatic rings. The van der Waals surface area contributed by atoms with Gasteiger partial charge in [0.1, 0.15) is 30.5 Å². The lowest BCUT2D eigenvalue weighted by molar-refractivity contribution is 0.0788. The summed E-state index contributed by atoms with van der Waals surface area (Å²) in [5.74, 6) is 0.120. The van der Waals surface area contributed by atoms with Crippen molar-refractivity contribution in [3.63, 3.8) is 0 Å². The van der Waals surface area contributed by atoms with Gasteiger partial charge in [0.15, 0.2) is 0 Å². The Morgan fingerprint density at radius 1 is 0.814 bits per heavy atom. The summed E-state index contributed by atoms with van der Waals surface area (Å²) in [6.45, 7) is 4.89. The van der Waals surface area contributed by atoms with E-state index in [-0.39, 0.29) is 43.3 Å².